The van der Waals surface area contributed by atoms with Crippen LogP contribution in [0.1, 0.15) is 18.1 Å². The minimum atomic E-state index is -0.508. The quantitative estimate of drug-likeness (QED) is 0.280. The van der Waals surface area contributed by atoms with E-state index in [1.807, 2.05) is 36.4 Å². The van der Waals surface area contributed by atoms with Gasteiger partial charge in [-0.15, -0.1) is 0 Å². The van der Waals surface area contributed by atoms with Crippen LogP contribution in [0.25, 0.3) is 6.08 Å². The predicted molar refractivity (Wildman–Crippen MR) is 131 cm³/mol. The van der Waals surface area contributed by atoms with Crippen molar-refractivity contribution in [2.75, 3.05) is 25.7 Å². The Morgan fingerprint density at radius 1 is 1.16 bits per heavy atom. The number of rotatable bonds is 6. The molecular formula is C22H20Br2N2O4S. The second-order valence-electron chi connectivity index (χ2n) is 6.65. The zero-order chi connectivity index (χ0) is 22.7. The van der Waals surface area contributed by atoms with Crippen LogP contribution >= 0.6 is 44.1 Å². The summed E-state index contributed by atoms with van der Waals surface area (Å²) in [5, 5.41) is 0.207. The van der Waals surface area contributed by atoms with Gasteiger partial charge in [-0.25, -0.2) is 0 Å². The Morgan fingerprint density at radius 3 is 2.42 bits per heavy atom. The molecule has 0 radical (unpaired) electrons. The lowest BCUT2D eigenvalue weighted by Crippen LogP contribution is -2.35. The van der Waals surface area contributed by atoms with E-state index in [4.69, 9.17) is 21.7 Å². The number of methoxy groups -OCH3 is 2. The van der Waals surface area contributed by atoms with Crippen LogP contribution in [0.15, 0.2) is 51.0 Å². The molecule has 1 saturated heterocycles. The average molecular weight is 568 g/mol. The first-order valence-corrected chi connectivity index (χ1v) is 11.4. The Morgan fingerprint density at radius 2 is 1.84 bits per heavy atom. The van der Waals surface area contributed by atoms with Crippen LogP contribution in [-0.2, 0) is 20.7 Å². The summed E-state index contributed by atoms with van der Waals surface area (Å²) < 4.78 is 11.8. The molecule has 0 unspecified atom stereocenters. The van der Waals surface area contributed by atoms with Crippen molar-refractivity contribution in [2.45, 2.75) is 13.3 Å². The number of hydrogen-bond acceptors (Lipinski definition) is 5. The number of anilines is 1. The van der Waals surface area contributed by atoms with E-state index in [1.54, 1.807) is 13.2 Å². The molecule has 0 atom stereocenters. The van der Waals surface area contributed by atoms with Gasteiger partial charge in [0.2, 0.25) is 0 Å². The zero-order valence-electron chi connectivity index (χ0n) is 17.1. The van der Waals surface area contributed by atoms with Gasteiger partial charge in [-0.3, -0.25) is 14.5 Å². The van der Waals surface area contributed by atoms with E-state index < -0.39 is 5.97 Å². The highest BCUT2D eigenvalue weighted by molar-refractivity contribution is 9.11. The zero-order valence-corrected chi connectivity index (χ0v) is 21.1. The SMILES string of the molecule is CCc1ccc(N2C(=O)/C(=C/c3cc(Br)cc(Br)c3OC)N(CC(=O)OC)C2=S)cc1. The lowest BCUT2D eigenvalue weighted by atomic mass is 10.1. The van der Waals surface area contributed by atoms with Crippen LogP contribution in [0.4, 0.5) is 5.69 Å². The number of nitrogens with zero attached hydrogens (tertiary/aromatic N) is 2. The van der Waals surface area contributed by atoms with Crippen molar-refractivity contribution in [2.24, 2.45) is 0 Å². The topological polar surface area (TPSA) is 59.1 Å². The van der Waals surface area contributed by atoms with Crippen molar-refractivity contribution in [1.82, 2.24) is 4.90 Å². The van der Waals surface area contributed by atoms with Gasteiger partial charge in [-0.2, -0.15) is 0 Å². The maximum Gasteiger partial charge on any atom is 0.325 e. The number of thiocarbonyl (C=S) groups is 1. The van der Waals surface area contributed by atoms with Crippen LogP contribution in [0.5, 0.6) is 5.75 Å². The molecular weight excluding hydrogens is 548 g/mol. The number of benzene rings is 2. The van der Waals surface area contributed by atoms with Crippen molar-refractivity contribution in [1.29, 1.82) is 0 Å². The normalized spacial score (nSPS) is 15.1. The first-order valence-electron chi connectivity index (χ1n) is 9.37. The van der Waals surface area contributed by atoms with Crippen molar-refractivity contribution in [3.8, 4) is 5.75 Å². The molecule has 0 bridgehead atoms. The molecule has 2 aromatic rings. The highest BCUT2D eigenvalue weighted by Crippen LogP contribution is 2.36. The minimum Gasteiger partial charge on any atom is -0.495 e. The minimum absolute atomic E-state index is 0.187. The van der Waals surface area contributed by atoms with E-state index in [1.165, 1.54) is 16.9 Å². The van der Waals surface area contributed by atoms with Crippen molar-refractivity contribution < 1.29 is 19.1 Å². The maximum atomic E-state index is 13.4. The fraction of sp³-hybridized carbons (Fsp3) is 0.227. The monoisotopic (exact) mass is 566 g/mol. The Balaban J connectivity index is 2.12. The molecule has 1 aliphatic rings. The van der Waals surface area contributed by atoms with Crippen LogP contribution in [-0.4, -0.2) is 42.7 Å². The van der Waals surface area contributed by atoms with Crippen LogP contribution in [0.2, 0.25) is 0 Å². The summed E-state index contributed by atoms with van der Waals surface area (Å²) in [6.07, 6.45) is 2.54. The molecule has 162 valence electrons. The third kappa shape index (κ3) is 4.83. The average Bonchev–Trinajstić information content (AvgIpc) is 2.97. The van der Waals surface area contributed by atoms with Crippen LogP contribution < -0.4 is 9.64 Å². The fourth-order valence-corrected chi connectivity index (χ4v) is 4.96. The molecule has 2 aromatic carbocycles. The van der Waals surface area contributed by atoms with Gasteiger partial charge in [0.25, 0.3) is 5.91 Å². The number of aryl methyl sites for hydroxylation is 1. The summed E-state index contributed by atoms with van der Waals surface area (Å²) in [7, 11) is 2.84. The van der Waals surface area contributed by atoms with E-state index >= 15 is 0 Å². The summed E-state index contributed by atoms with van der Waals surface area (Å²) in [5.74, 6) is -0.291. The van der Waals surface area contributed by atoms with E-state index in [2.05, 4.69) is 38.8 Å². The van der Waals surface area contributed by atoms with Gasteiger partial charge in [0.15, 0.2) is 5.11 Å². The third-order valence-corrected chi connectivity index (χ3v) is 6.24. The van der Waals surface area contributed by atoms with Gasteiger partial charge in [-0.1, -0.05) is 35.0 Å². The number of ether oxygens (including phenoxy) is 2. The van der Waals surface area contributed by atoms with Gasteiger partial charge in [0, 0.05) is 10.0 Å². The van der Waals surface area contributed by atoms with Gasteiger partial charge >= 0.3 is 5.97 Å². The molecule has 0 spiro atoms. The summed E-state index contributed by atoms with van der Waals surface area (Å²) in [4.78, 5) is 28.4. The predicted octanol–water partition coefficient (Wildman–Crippen LogP) is 4.93. The van der Waals surface area contributed by atoms with E-state index in [-0.39, 0.29) is 23.3 Å². The van der Waals surface area contributed by atoms with Crippen LogP contribution in [0.3, 0.4) is 0 Å². The van der Waals surface area contributed by atoms with Gasteiger partial charge in [0.05, 0.1) is 24.4 Å². The number of carbonyl (C=O) groups excluding carboxylic acids is 2. The summed E-state index contributed by atoms with van der Waals surface area (Å²) in [6, 6.07) is 11.3. The molecule has 1 heterocycles. The second kappa shape index (κ2) is 9.93. The molecule has 3 rings (SSSR count). The number of hydrogen-bond donors (Lipinski definition) is 0. The van der Waals surface area contributed by atoms with Crippen molar-refractivity contribution in [3.63, 3.8) is 0 Å². The Bertz CT molecular complexity index is 1070. The summed E-state index contributed by atoms with van der Waals surface area (Å²) in [5.41, 5.74) is 2.67. The number of carbonyl (C=O) groups is 2. The second-order valence-corrected chi connectivity index (χ2v) is 8.78. The number of esters is 1. The summed E-state index contributed by atoms with van der Waals surface area (Å²) >= 11 is 12.5. The number of halogens is 2. The Labute approximate surface area is 203 Å². The molecule has 0 saturated carbocycles. The van der Waals surface area contributed by atoms with E-state index in [9.17, 15) is 9.59 Å². The van der Waals surface area contributed by atoms with E-state index in [0.29, 0.717) is 17.0 Å². The van der Waals surface area contributed by atoms with Gasteiger partial charge in [0.1, 0.15) is 18.0 Å². The fourth-order valence-electron chi connectivity index (χ4n) is 3.19. The lowest BCUT2D eigenvalue weighted by molar-refractivity contribution is -0.140. The third-order valence-electron chi connectivity index (χ3n) is 4.79. The standard InChI is InChI=1S/C22H20Br2N2O4S/c1-4-13-5-7-16(8-6-13)26-21(28)18(25(22(26)31)12-19(27)29-2)10-14-9-15(23)11-17(24)20(14)30-3/h5-11H,4,12H2,1-3H3/b18-10-. The molecule has 1 amide bonds. The summed E-state index contributed by atoms with van der Waals surface area (Å²) in [6.45, 7) is 1.87. The molecule has 0 aromatic heterocycles. The lowest BCUT2D eigenvalue weighted by Gasteiger charge is -2.19. The molecule has 9 heteroatoms. The molecule has 0 aliphatic carbocycles. The van der Waals surface area contributed by atoms with E-state index in [0.717, 1.165) is 20.9 Å². The van der Waals surface area contributed by atoms with Gasteiger partial charge < -0.3 is 14.4 Å². The largest absolute Gasteiger partial charge is 0.495 e. The molecule has 0 N–H and O–H groups in total. The highest BCUT2D eigenvalue weighted by Gasteiger charge is 2.40. The Hall–Kier alpha value is -2.23. The first-order chi connectivity index (χ1) is 14.8. The molecule has 6 nitrogen and oxygen atoms in total. The molecule has 31 heavy (non-hydrogen) atoms. The smallest absolute Gasteiger partial charge is 0.325 e. The van der Waals surface area contributed by atoms with Gasteiger partial charge in [-0.05, 0) is 70.5 Å². The number of amides is 1. The van der Waals surface area contributed by atoms with Crippen molar-refractivity contribution >= 4 is 72.8 Å². The van der Waals surface area contributed by atoms with Crippen LogP contribution in [0, 0.1) is 0 Å². The Kier molecular flexibility index (Phi) is 7.51. The molecule has 1 fully saturated rings. The highest BCUT2D eigenvalue weighted by atomic mass is 79.9. The van der Waals surface area contributed by atoms with Crippen molar-refractivity contribution in [3.05, 3.63) is 62.2 Å². The maximum absolute atomic E-state index is 13.4. The molecule has 1 aliphatic heterocycles. The first kappa shape index (κ1) is 23.4.